The molecule has 1 aromatic rings. The van der Waals surface area contributed by atoms with Crippen LogP contribution in [0.5, 0.6) is 0 Å². The number of nitrogens with one attached hydrogen (secondary N) is 1. The minimum absolute atomic E-state index is 0.135. The molecular weight excluding hydrogens is 346 g/mol. The van der Waals surface area contributed by atoms with E-state index in [2.05, 4.69) is 29.1 Å². The Kier molecular flexibility index (Phi) is 5.88. The molecule has 1 heterocycles. The van der Waals surface area contributed by atoms with Gasteiger partial charge in [-0.25, -0.2) is 4.98 Å². The van der Waals surface area contributed by atoms with Crippen molar-refractivity contribution in [1.82, 2.24) is 9.97 Å². The van der Waals surface area contributed by atoms with Gasteiger partial charge in [-0.1, -0.05) is 30.7 Å². The molecule has 2 rings (SSSR count). The summed E-state index contributed by atoms with van der Waals surface area (Å²) in [4.78, 5) is 10.8. The summed E-state index contributed by atoms with van der Waals surface area (Å²) in [5.74, 6) is 2.03. The first-order valence-electron chi connectivity index (χ1n) is 8.01. The fourth-order valence-corrected chi connectivity index (χ4v) is 3.82. The lowest BCUT2D eigenvalue weighted by Crippen LogP contribution is -2.40. The van der Waals surface area contributed by atoms with Gasteiger partial charge in [0.05, 0.1) is 5.56 Å². The SMILES string of the molecule is COCC1CCC(C)(Nc2nc(N(C)C)nc(Cl)c2C(N)=S)C1C. The molecule has 1 saturated carbocycles. The molecule has 1 aromatic heterocycles. The monoisotopic (exact) mass is 371 g/mol. The zero-order chi connectivity index (χ0) is 18.1. The van der Waals surface area contributed by atoms with Gasteiger partial charge in [0.15, 0.2) is 0 Å². The molecule has 1 aliphatic carbocycles. The van der Waals surface area contributed by atoms with Crippen LogP contribution in [0, 0.1) is 11.8 Å². The molecular formula is C16H26ClN5OS. The quantitative estimate of drug-likeness (QED) is 0.588. The Morgan fingerprint density at radius 3 is 2.71 bits per heavy atom. The lowest BCUT2D eigenvalue weighted by molar-refractivity contribution is 0.129. The average molecular weight is 372 g/mol. The second kappa shape index (κ2) is 7.37. The van der Waals surface area contributed by atoms with Crippen molar-refractivity contribution in [2.24, 2.45) is 17.6 Å². The van der Waals surface area contributed by atoms with Crippen molar-refractivity contribution in [2.75, 3.05) is 38.0 Å². The minimum Gasteiger partial charge on any atom is -0.389 e. The van der Waals surface area contributed by atoms with Gasteiger partial charge in [-0.15, -0.1) is 0 Å². The van der Waals surface area contributed by atoms with Gasteiger partial charge in [0.25, 0.3) is 0 Å². The molecule has 0 aliphatic heterocycles. The number of ether oxygens (including phenoxy) is 1. The van der Waals surface area contributed by atoms with Gasteiger partial charge in [-0.05, 0) is 31.6 Å². The summed E-state index contributed by atoms with van der Waals surface area (Å²) in [5, 5.41) is 3.83. The Morgan fingerprint density at radius 1 is 1.50 bits per heavy atom. The largest absolute Gasteiger partial charge is 0.389 e. The van der Waals surface area contributed by atoms with E-state index in [1.54, 1.807) is 12.0 Å². The van der Waals surface area contributed by atoms with Crippen LogP contribution in [-0.4, -0.2) is 48.3 Å². The fraction of sp³-hybridized carbons (Fsp3) is 0.688. The maximum Gasteiger partial charge on any atom is 0.228 e. The van der Waals surface area contributed by atoms with Crippen LogP contribution >= 0.6 is 23.8 Å². The smallest absolute Gasteiger partial charge is 0.228 e. The van der Waals surface area contributed by atoms with Crippen LogP contribution in [0.1, 0.15) is 32.3 Å². The van der Waals surface area contributed by atoms with E-state index in [1.165, 1.54) is 0 Å². The van der Waals surface area contributed by atoms with E-state index in [4.69, 9.17) is 34.3 Å². The minimum atomic E-state index is -0.135. The van der Waals surface area contributed by atoms with Crippen LogP contribution in [-0.2, 0) is 4.74 Å². The van der Waals surface area contributed by atoms with Crippen molar-refractivity contribution < 1.29 is 4.74 Å². The molecule has 24 heavy (non-hydrogen) atoms. The number of hydrogen-bond donors (Lipinski definition) is 2. The number of anilines is 2. The molecule has 0 saturated heterocycles. The van der Waals surface area contributed by atoms with Crippen molar-refractivity contribution in [2.45, 2.75) is 32.2 Å². The van der Waals surface area contributed by atoms with E-state index in [-0.39, 0.29) is 15.7 Å². The van der Waals surface area contributed by atoms with Gasteiger partial charge in [-0.3, -0.25) is 0 Å². The summed E-state index contributed by atoms with van der Waals surface area (Å²) < 4.78 is 5.35. The van der Waals surface area contributed by atoms with Crippen LogP contribution in [0.15, 0.2) is 0 Å². The number of nitrogens with zero attached hydrogens (tertiary/aromatic N) is 3. The second-order valence-electron chi connectivity index (χ2n) is 6.88. The highest BCUT2D eigenvalue weighted by Crippen LogP contribution is 2.42. The fourth-order valence-electron chi connectivity index (χ4n) is 3.30. The van der Waals surface area contributed by atoms with E-state index in [0.717, 1.165) is 19.4 Å². The highest BCUT2D eigenvalue weighted by atomic mass is 35.5. The predicted octanol–water partition coefficient (Wildman–Crippen LogP) is 2.69. The first kappa shape index (κ1) is 19.1. The third-order valence-corrected chi connectivity index (χ3v) is 5.51. The Balaban J connectivity index is 2.39. The predicted molar refractivity (Wildman–Crippen MR) is 103 cm³/mol. The normalized spacial score (nSPS) is 26.4. The summed E-state index contributed by atoms with van der Waals surface area (Å²) in [6, 6.07) is 0. The number of halogens is 1. The van der Waals surface area contributed by atoms with Gasteiger partial charge >= 0.3 is 0 Å². The van der Waals surface area contributed by atoms with Crippen LogP contribution in [0.25, 0.3) is 0 Å². The zero-order valence-electron chi connectivity index (χ0n) is 14.9. The Hall–Kier alpha value is -1.18. The summed E-state index contributed by atoms with van der Waals surface area (Å²) in [7, 11) is 5.48. The lowest BCUT2D eigenvalue weighted by atomic mass is 9.86. The van der Waals surface area contributed by atoms with Gasteiger partial charge in [0.1, 0.15) is 16.0 Å². The summed E-state index contributed by atoms with van der Waals surface area (Å²) in [5.41, 5.74) is 6.23. The first-order chi connectivity index (χ1) is 11.2. The topological polar surface area (TPSA) is 76.3 Å². The zero-order valence-corrected chi connectivity index (χ0v) is 16.5. The molecule has 8 heteroatoms. The molecule has 0 bridgehead atoms. The van der Waals surface area contributed by atoms with Crippen molar-refractivity contribution >= 4 is 40.6 Å². The van der Waals surface area contributed by atoms with Crippen molar-refractivity contribution in [3.8, 4) is 0 Å². The number of hydrogen-bond acceptors (Lipinski definition) is 6. The first-order valence-corrected chi connectivity index (χ1v) is 8.80. The van der Waals surface area contributed by atoms with Gasteiger partial charge < -0.3 is 20.7 Å². The molecule has 0 radical (unpaired) electrons. The standard InChI is InChI=1S/C16H26ClN5OS/c1-9-10(8-23-5)6-7-16(9,2)21-14-11(13(18)24)12(17)19-15(20-14)22(3)4/h9-10H,6-8H2,1-5H3,(H2,18,24)(H,19,20,21). The average Bonchev–Trinajstić information content (AvgIpc) is 2.75. The number of methoxy groups -OCH3 is 1. The van der Waals surface area contributed by atoms with Gasteiger partial charge in [0, 0.05) is 33.4 Å². The van der Waals surface area contributed by atoms with Crippen molar-refractivity contribution in [1.29, 1.82) is 0 Å². The molecule has 3 unspecified atom stereocenters. The van der Waals surface area contributed by atoms with E-state index in [0.29, 0.717) is 29.2 Å². The Bertz CT molecular complexity index is 627. The third kappa shape index (κ3) is 3.73. The maximum atomic E-state index is 6.31. The molecule has 1 fully saturated rings. The number of rotatable bonds is 6. The van der Waals surface area contributed by atoms with Gasteiger partial charge in [0.2, 0.25) is 5.95 Å². The maximum absolute atomic E-state index is 6.31. The number of thiocarbonyl (C=S) groups is 1. The van der Waals surface area contributed by atoms with Crippen LogP contribution in [0.4, 0.5) is 11.8 Å². The third-order valence-electron chi connectivity index (χ3n) is 5.03. The summed E-state index contributed by atoms with van der Waals surface area (Å²) >= 11 is 11.5. The van der Waals surface area contributed by atoms with Crippen LogP contribution < -0.4 is 16.0 Å². The Morgan fingerprint density at radius 2 is 2.17 bits per heavy atom. The van der Waals surface area contributed by atoms with E-state index >= 15 is 0 Å². The molecule has 0 amide bonds. The number of nitrogens with two attached hydrogens (primary N) is 1. The number of aromatic nitrogens is 2. The molecule has 0 spiro atoms. The van der Waals surface area contributed by atoms with E-state index in [9.17, 15) is 0 Å². The molecule has 134 valence electrons. The Labute approximate surface area is 154 Å². The molecule has 1 aliphatic rings. The van der Waals surface area contributed by atoms with Crippen LogP contribution in [0.3, 0.4) is 0 Å². The van der Waals surface area contributed by atoms with E-state index in [1.807, 2.05) is 14.1 Å². The highest BCUT2D eigenvalue weighted by molar-refractivity contribution is 7.80. The molecule has 6 nitrogen and oxygen atoms in total. The van der Waals surface area contributed by atoms with Gasteiger partial charge in [-0.2, -0.15) is 4.98 Å². The molecule has 3 N–H and O–H groups in total. The second-order valence-corrected chi connectivity index (χ2v) is 7.68. The highest BCUT2D eigenvalue weighted by Gasteiger charge is 2.43. The molecule has 3 atom stereocenters. The van der Waals surface area contributed by atoms with Crippen molar-refractivity contribution in [3.63, 3.8) is 0 Å². The lowest BCUT2D eigenvalue weighted by Gasteiger charge is -2.34. The van der Waals surface area contributed by atoms with Crippen molar-refractivity contribution in [3.05, 3.63) is 10.7 Å². The summed E-state index contributed by atoms with van der Waals surface area (Å²) in [6.07, 6.45) is 2.11. The summed E-state index contributed by atoms with van der Waals surface area (Å²) in [6.45, 7) is 5.19. The van der Waals surface area contributed by atoms with E-state index < -0.39 is 0 Å². The van der Waals surface area contributed by atoms with Crippen LogP contribution in [0.2, 0.25) is 5.15 Å². The molecule has 0 aromatic carbocycles.